The van der Waals surface area contributed by atoms with Crippen LogP contribution in [-0.2, 0) is 0 Å². The smallest absolute Gasteiger partial charge is 0.0766 e. The first-order chi connectivity index (χ1) is 5.00. The molecule has 0 spiro atoms. The molecule has 1 unspecified atom stereocenters. The molecule has 0 bridgehead atoms. The van der Waals surface area contributed by atoms with E-state index in [0.717, 1.165) is 6.54 Å². The summed E-state index contributed by atoms with van der Waals surface area (Å²) in [6.45, 7) is 7.84. The first-order valence-electron chi connectivity index (χ1n) is 4.14. The average Bonchev–Trinajstić information content (AvgIpc) is 1.88. The van der Waals surface area contributed by atoms with Crippen molar-refractivity contribution in [3.8, 4) is 0 Å². The third-order valence-electron chi connectivity index (χ3n) is 2.05. The molecular weight excluding hydrogens is 140 g/mol. The van der Waals surface area contributed by atoms with Gasteiger partial charge >= 0.3 is 0 Å². The molecule has 0 aliphatic rings. The minimum absolute atomic E-state index is 0.271. The van der Waals surface area contributed by atoms with E-state index in [0.29, 0.717) is 13.1 Å². The predicted octanol–water partition coefficient (Wildman–Crippen LogP) is -0.0583. The van der Waals surface area contributed by atoms with E-state index in [4.69, 9.17) is 5.73 Å². The lowest BCUT2D eigenvalue weighted by atomic mass is 9.93. The van der Waals surface area contributed by atoms with Crippen LogP contribution in [0.15, 0.2) is 0 Å². The molecule has 0 rings (SSSR count). The fraction of sp³-hybridized carbons (Fsp3) is 1.00. The molecule has 0 aliphatic heterocycles. The summed E-state index contributed by atoms with van der Waals surface area (Å²) in [6.07, 6.45) is 0. The largest absolute Gasteiger partial charge is 0.389 e. The van der Waals surface area contributed by atoms with E-state index >= 15 is 0 Å². The summed E-state index contributed by atoms with van der Waals surface area (Å²) in [5.74, 6) is 0.271. The number of aliphatic hydroxyl groups is 1. The van der Waals surface area contributed by atoms with Crippen molar-refractivity contribution >= 4 is 0 Å². The summed E-state index contributed by atoms with van der Waals surface area (Å²) < 4.78 is 0. The Morgan fingerprint density at radius 1 is 1.55 bits per heavy atom. The molecule has 0 heterocycles. The van der Waals surface area contributed by atoms with Crippen LogP contribution in [0.25, 0.3) is 0 Å². The minimum Gasteiger partial charge on any atom is -0.389 e. The van der Waals surface area contributed by atoms with Gasteiger partial charge in [-0.1, -0.05) is 13.8 Å². The van der Waals surface area contributed by atoms with Gasteiger partial charge < -0.3 is 16.2 Å². The third-order valence-corrected chi connectivity index (χ3v) is 2.05. The van der Waals surface area contributed by atoms with E-state index < -0.39 is 5.60 Å². The fourth-order valence-corrected chi connectivity index (χ4v) is 0.648. The molecule has 3 nitrogen and oxygen atoms in total. The van der Waals surface area contributed by atoms with Crippen LogP contribution < -0.4 is 11.1 Å². The van der Waals surface area contributed by atoms with Crippen LogP contribution in [-0.4, -0.2) is 30.3 Å². The molecule has 0 amide bonds. The normalized spacial score (nSPS) is 16.9. The van der Waals surface area contributed by atoms with Crippen LogP contribution in [0.3, 0.4) is 0 Å². The number of nitrogens with one attached hydrogen (secondary N) is 1. The van der Waals surface area contributed by atoms with E-state index in [1.54, 1.807) is 0 Å². The third kappa shape index (κ3) is 4.35. The van der Waals surface area contributed by atoms with Crippen LogP contribution in [0.2, 0.25) is 0 Å². The second kappa shape index (κ2) is 4.70. The maximum atomic E-state index is 9.72. The molecule has 3 heteroatoms. The lowest BCUT2D eigenvalue weighted by molar-refractivity contribution is 0.0146. The molecule has 68 valence electrons. The minimum atomic E-state index is -0.616. The standard InChI is InChI=1S/C8H20N2O/c1-7(2)8(3,11)6-10-5-4-9/h7,10-11H,4-6,9H2,1-3H3. The van der Waals surface area contributed by atoms with Crippen molar-refractivity contribution in [3.63, 3.8) is 0 Å². The first-order valence-corrected chi connectivity index (χ1v) is 4.14. The van der Waals surface area contributed by atoms with Crippen LogP contribution in [0.5, 0.6) is 0 Å². The highest BCUT2D eigenvalue weighted by Gasteiger charge is 2.23. The van der Waals surface area contributed by atoms with Gasteiger partial charge in [-0.15, -0.1) is 0 Å². The Morgan fingerprint density at radius 3 is 2.45 bits per heavy atom. The quantitative estimate of drug-likeness (QED) is 0.494. The Bertz CT molecular complexity index is 102. The Morgan fingerprint density at radius 2 is 2.09 bits per heavy atom. The fourth-order valence-electron chi connectivity index (χ4n) is 0.648. The number of rotatable bonds is 5. The summed E-state index contributed by atoms with van der Waals surface area (Å²) >= 11 is 0. The summed E-state index contributed by atoms with van der Waals surface area (Å²) in [7, 11) is 0. The van der Waals surface area contributed by atoms with Crippen molar-refractivity contribution in [2.75, 3.05) is 19.6 Å². The molecule has 0 aliphatic carbocycles. The number of hydrogen-bond donors (Lipinski definition) is 3. The average molecular weight is 160 g/mol. The van der Waals surface area contributed by atoms with Gasteiger partial charge in [0.15, 0.2) is 0 Å². The van der Waals surface area contributed by atoms with Gasteiger partial charge in [0, 0.05) is 19.6 Å². The molecule has 0 saturated heterocycles. The monoisotopic (exact) mass is 160 g/mol. The molecule has 0 radical (unpaired) electrons. The topological polar surface area (TPSA) is 58.3 Å². The second-order valence-corrected chi connectivity index (χ2v) is 3.48. The van der Waals surface area contributed by atoms with Gasteiger partial charge in [-0.3, -0.25) is 0 Å². The molecular formula is C8H20N2O. The van der Waals surface area contributed by atoms with Gasteiger partial charge in [-0.2, -0.15) is 0 Å². The summed E-state index contributed by atoms with van der Waals surface area (Å²) in [4.78, 5) is 0. The lowest BCUT2D eigenvalue weighted by Crippen LogP contribution is -2.43. The zero-order valence-corrected chi connectivity index (χ0v) is 7.72. The van der Waals surface area contributed by atoms with Crippen molar-refractivity contribution in [1.29, 1.82) is 0 Å². The molecule has 0 aromatic rings. The highest BCUT2D eigenvalue weighted by atomic mass is 16.3. The highest BCUT2D eigenvalue weighted by molar-refractivity contribution is 4.78. The Hall–Kier alpha value is -0.120. The van der Waals surface area contributed by atoms with Crippen molar-refractivity contribution in [2.45, 2.75) is 26.4 Å². The Labute approximate surface area is 69.0 Å². The zero-order chi connectivity index (χ0) is 8.91. The Balaban J connectivity index is 3.55. The van der Waals surface area contributed by atoms with Gasteiger partial charge in [0.1, 0.15) is 0 Å². The molecule has 1 atom stereocenters. The maximum absolute atomic E-state index is 9.72. The van der Waals surface area contributed by atoms with Gasteiger partial charge in [0.05, 0.1) is 5.60 Å². The molecule has 0 aromatic carbocycles. The molecule has 11 heavy (non-hydrogen) atoms. The first kappa shape index (κ1) is 10.9. The molecule has 0 saturated carbocycles. The van der Waals surface area contributed by atoms with E-state index in [2.05, 4.69) is 5.32 Å². The van der Waals surface area contributed by atoms with Crippen LogP contribution in [0.1, 0.15) is 20.8 Å². The van der Waals surface area contributed by atoms with Crippen molar-refractivity contribution in [2.24, 2.45) is 11.7 Å². The summed E-state index contributed by atoms with van der Waals surface area (Å²) in [5.41, 5.74) is 4.67. The van der Waals surface area contributed by atoms with E-state index in [-0.39, 0.29) is 5.92 Å². The number of hydrogen-bond acceptors (Lipinski definition) is 3. The summed E-state index contributed by atoms with van der Waals surface area (Å²) in [6, 6.07) is 0. The van der Waals surface area contributed by atoms with Gasteiger partial charge in [-0.05, 0) is 12.8 Å². The van der Waals surface area contributed by atoms with E-state index in [9.17, 15) is 5.11 Å². The van der Waals surface area contributed by atoms with Crippen LogP contribution >= 0.6 is 0 Å². The predicted molar refractivity (Wildman–Crippen MR) is 47.4 cm³/mol. The highest BCUT2D eigenvalue weighted by Crippen LogP contribution is 2.13. The van der Waals surface area contributed by atoms with Crippen LogP contribution in [0, 0.1) is 5.92 Å². The Kier molecular flexibility index (Phi) is 4.65. The SMILES string of the molecule is CC(C)C(C)(O)CNCCN. The van der Waals surface area contributed by atoms with E-state index in [1.165, 1.54) is 0 Å². The molecule has 4 N–H and O–H groups in total. The van der Waals surface area contributed by atoms with Crippen molar-refractivity contribution in [3.05, 3.63) is 0 Å². The number of nitrogens with two attached hydrogens (primary N) is 1. The maximum Gasteiger partial charge on any atom is 0.0766 e. The van der Waals surface area contributed by atoms with Crippen LogP contribution in [0.4, 0.5) is 0 Å². The van der Waals surface area contributed by atoms with Crippen molar-refractivity contribution in [1.82, 2.24) is 5.32 Å². The van der Waals surface area contributed by atoms with Gasteiger partial charge in [0.2, 0.25) is 0 Å². The molecule has 0 aromatic heterocycles. The zero-order valence-electron chi connectivity index (χ0n) is 7.72. The second-order valence-electron chi connectivity index (χ2n) is 3.48. The van der Waals surface area contributed by atoms with Gasteiger partial charge in [0.25, 0.3) is 0 Å². The summed E-state index contributed by atoms with van der Waals surface area (Å²) in [5, 5.41) is 12.8. The van der Waals surface area contributed by atoms with E-state index in [1.807, 2.05) is 20.8 Å². The lowest BCUT2D eigenvalue weighted by Gasteiger charge is -2.27. The molecule has 0 fully saturated rings. The van der Waals surface area contributed by atoms with Crippen molar-refractivity contribution < 1.29 is 5.11 Å². The van der Waals surface area contributed by atoms with Gasteiger partial charge in [-0.25, -0.2) is 0 Å².